The van der Waals surface area contributed by atoms with Gasteiger partial charge in [-0.05, 0) is 32.4 Å². The van der Waals surface area contributed by atoms with Gasteiger partial charge in [0.15, 0.2) is 0 Å². The van der Waals surface area contributed by atoms with Crippen molar-refractivity contribution in [2.24, 2.45) is 0 Å². The first kappa shape index (κ1) is 13.5. The fourth-order valence-corrected chi connectivity index (χ4v) is 2.15. The Labute approximate surface area is 113 Å². The molecule has 0 spiro atoms. The van der Waals surface area contributed by atoms with Crippen LogP contribution in [0.3, 0.4) is 0 Å². The van der Waals surface area contributed by atoms with Gasteiger partial charge in [0.05, 0.1) is 18.8 Å². The minimum atomic E-state index is 0.105. The molecule has 0 saturated heterocycles. The van der Waals surface area contributed by atoms with Crippen LogP contribution in [-0.4, -0.2) is 26.5 Å². The number of pyridine rings is 1. The van der Waals surface area contributed by atoms with E-state index in [4.69, 9.17) is 5.11 Å². The summed E-state index contributed by atoms with van der Waals surface area (Å²) in [6, 6.07) is 3.96. The molecule has 0 amide bonds. The van der Waals surface area contributed by atoms with E-state index >= 15 is 0 Å². The zero-order chi connectivity index (χ0) is 13.8. The van der Waals surface area contributed by atoms with Crippen LogP contribution in [0.2, 0.25) is 0 Å². The van der Waals surface area contributed by atoms with Gasteiger partial charge in [0.25, 0.3) is 0 Å². The van der Waals surface area contributed by atoms with Crippen LogP contribution in [0.25, 0.3) is 0 Å². The summed E-state index contributed by atoms with van der Waals surface area (Å²) in [6.45, 7) is 7.38. The second-order valence-corrected chi connectivity index (χ2v) is 4.62. The van der Waals surface area contributed by atoms with E-state index in [9.17, 15) is 0 Å². The Morgan fingerprint density at radius 1 is 1.32 bits per heavy atom. The third-order valence-corrected chi connectivity index (χ3v) is 3.29. The number of hydrogen-bond acceptors (Lipinski definition) is 4. The number of hydrogen-bond donors (Lipinski definition) is 2. The Balaban J connectivity index is 2.14. The summed E-state index contributed by atoms with van der Waals surface area (Å²) in [5.74, 6) is 0.899. The molecule has 19 heavy (non-hydrogen) atoms. The summed E-state index contributed by atoms with van der Waals surface area (Å²) in [7, 11) is 0. The van der Waals surface area contributed by atoms with E-state index in [1.165, 1.54) is 5.56 Å². The molecule has 0 atom stereocenters. The summed E-state index contributed by atoms with van der Waals surface area (Å²) >= 11 is 0. The first-order valence-electron chi connectivity index (χ1n) is 6.42. The molecular weight excluding hydrogens is 240 g/mol. The number of nitrogens with zero attached hydrogens (tertiary/aromatic N) is 3. The minimum Gasteiger partial charge on any atom is -0.394 e. The quantitative estimate of drug-likeness (QED) is 0.860. The molecule has 5 nitrogen and oxygen atoms in total. The Hall–Kier alpha value is -1.88. The van der Waals surface area contributed by atoms with Crippen LogP contribution in [0.1, 0.15) is 22.5 Å². The molecular formula is C14H20N4O. The summed E-state index contributed by atoms with van der Waals surface area (Å²) < 4.78 is 1.84. The highest BCUT2D eigenvalue weighted by Gasteiger charge is 2.11. The zero-order valence-corrected chi connectivity index (χ0v) is 11.6. The van der Waals surface area contributed by atoms with E-state index in [2.05, 4.69) is 15.4 Å². The molecule has 0 aliphatic carbocycles. The molecule has 0 aromatic carbocycles. The highest BCUT2D eigenvalue weighted by molar-refractivity contribution is 5.43. The largest absolute Gasteiger partial charge is 0.394 e. The highest BCUT2D eigenvalue weighted by atomic mass is 16.3. The van der Waals surface area contributed by atoms with Gasteiger partial charge in [0.2, 0.25) is 0 Å². The van der Waals surface area contributed by atoms with Gasteiger partial charge in [-0.15, -0.1) is 0 Å². The Bertz CT molecular complexity index is 563. The molecule has 102 valence electrons. The van der Waals surface area contributed by atoms with Crippen molar-refractivity contribution >= 4 is 5.82 Å². The zero-order valence-electron chi connectivity index (χ0n) is 11.6. The monoisotopic (exact) mass is 260 g/mol. The first-order chi connectivity index (χ1) is 9.13. The molecule has 0 fully saturated rings. The summed E-state index contributed by atoms with van der Waals surface area (Å²) in [6.07, 6.45) is 1.78. The third kappa shape index (κ3) is 2.93. The second-order valence-electron chi connectivity index (χ2n) is 4.62. The van der Waals surface area contributed by atoms with Crippen molar-refractivity contribution in [1.82, 2.24) is 14.8 Å². The molecule has 0 bridgehead atoms. The van der Waals surface area contributed by atoms with E-state index in [-0.39, 0.29) is 6.61 Å². The van der Waals surface area contributed by atoms with Crippen LogP contribution >= 0.6 is 0 Å². The molecule has 0 saturated carbocycles. The molecule has 2 heterocycles. The van der Waals surface area contributed by atoms with Crippen molar-refractivity contribution in [2.75, 3.05) is 11.9 Å². The lowest BCUT2D eigenvalue weighted by molar-refractivity contribution is 0.268. The lowest BCUT2D eigenvalue weighted by Gasteiger charge is -2.08. The highest BCUT2D eigenvalue weighted by Crippen LogP contribution is 2.16. The van der Waals surface area contributed by atoms with Gasteiger partial charge < -0.3 is 10.4 Å². The normalized spacial score (nSPS) is 10.7. The molecule has 0 unspecified atom stereocenters. The fraction of sp³-hybridized carbons (Fsp3) is 0.429. The molecule has 2 rings (SSSR count). The van der Waals surface area contributed by atoms with Gasteiger partial charge in [-0.1, -0.05) is 6.07 Å². The number of rotatable bonds is 5. The lowest BCUT2D eigenvalue weighted by atomic mass is 10.2. The third-order valence-electron chi connectivity index (χ3n) is 3.29. The van der Waals surface area contributed by atoms with E-state index < -0.39 is 0 Å². The molecule has 0 radical (unpaired) electrons. The van der Waals surface area contributed by atoms with Crippen LogP contribution in [-0.2, 0) is 13.1 Å². The Morgan fingerprint density at radius 3 is 2.79 bits per heavy atom. The average molecular weight is 260 g/mol. The molecule has 0 aliphatic heterocycles. The Morgan fingerprint density at radius 2 is 2.11 bits per heavy atom. The summed E-state index contributed by atoms with van der Waals surface area (Å²) in [5.41, 5.74) is 4.37. The number of aliphatic hydroxyl groups is 1. The van der Waals surface area contributed by atoms with Gasteiger partial charge in [0.1, 0.15) is 5.82 Å². The van der Waals surface area contributed by atoms with Crippen LogP contribution in [0.5, 0.6) is 0 Å². The number of anilines is 1. The van der Waals surface area contributed by atoms with Crippen LogP contribution in [0.4, 0.5) is 5.82 Å². The molecule has 2 N–H and O–H groups in total. The molecule has 2 aromatic rings. The maximum Gasteiger partial charge on any atom is 0.129 e. The van der Waals surface area contributed by atoms with Gasteiger partial charge >= 0.3 is 0 Å². The predicted octanol–water partition coefficient (Wildman–Crippen LogP) is 1.81. The number of aromatic nitrogens is 3. The van der Waals surface area contributed by atoms with E-state index in [0.29, 0.717) is 13.1 Å². The maximum absolute atomic E-state index is 9.00. The van der Waals surface area contributed by atoms with E-state index in [1.54, 1.807) is 6.20 Å². The Kier molecular flexibility index (Phi) is 4.16. The average Bonchev–Trinajstić information content (AvgIpc) is 2.65. The fourth-order valence-electron chi connectivity index (χ4n) is 2.15. The lowest BCUT2D eigenvalue weighted by Crippen LogP contribution is -2.07. The standard InChI is InChI=1S/C14H20N4O/c1-10-5-4-6-15-14(10)16-9-13-11(2)17-18(7-8-19)12(13)3/h4-6,19H,7-9H2,1-3H3,(H,15,16). The SMILES string of the molecule is Cc1cccnc1NCc1c(C)nn(CCO)c1C. The van der Waals surface area contributed by atoms with Gasteiger partial charge in [0, 0.05) is 24.0 Å². The van der Waals surface area contributed by atoms with E-state index in [1.807, 2.05) is 37.6 Å². The maximum atomic E-state index is 9.00. The number of aryl methyl sites for hydroxylation is 2. The van der Waals surface area contributed by atoms with Crippen molar-refractivity contribution in [1.29, 1.82) is 0 Å². The smallest absolute Gasteiger partial charge is 0.129 e. The number of nitrogens with one attached hydrogen (secondary N) is 1. The van der Waals surface area contributed by atoms with E-state index in [0.717, 1.165) is 22.8 Å². The minimum absolute atomic E-state index is 0.105. The van der Waals surface area contributed by atoms with Crippen molar-refractivity contribution < 1.29 is 5.11 Å². The van der Waals surface area contributed by atoms with Crippen LogP contribution in [0, 0.1) is 20.8 Å². The second kappa shape index (κ2) is 5.84. The predicted molar refractivity (Wildman–Crippen MR) is 75.1 cm³/mol. The van der Waals surface area contributed by atoms with Crippen molar-refractivity contribution in [3.63, 3.8) is 0 Å². The topological polar surface area (TPSA) is 63.0 Å². The van der Waals surface area contributed by atoms with Crippen molar-refractivity contribution in [3.8, 4) is 0 Å². The summed E-state index contributed by atoms with van der Waals surface area (Å²) in [4.78, 5) is 4.32. The van der Waals surface area contributed by atoms with Gasteiger partial charge in [-0.2, -0.15) is 5.10 Å². The van der Waals surface area contributed by atoms with Gasteiger partial charge in [-0.25, -0.2) is 4.98 Å². The van der Waals surface area contributed by atoms with Crippen molar-refractivity contribution in [2.45, 2.75) is 33.9 Å². The van der Waals surface area contributed by atoms with Crippen LogP contribution in [0.15, 0.2) is 18.3 Å². The molecule has 5 heteroatoms. The number of aliphatic hydroxyl groups excluding tert-OH is 1. The summed E-state index contributed by atoms with van der Waals surface area (Å²) in [5, 5.41) is 16.8. The van der Waals surface area contributed by atoms with Crippen molar-refractivity contribution in [3.05, 3.63) is 40.8 Å². The first-order valence-corrected chi connectivity index (χ1v) is 6.42. The molecule has 2 aromatic heterocycles. The van der Waals surface area contributed by atoms with Gasteiger partial charge in [-0.3, -0.25) is 4.68 Å². The van der Waals surface area contributed by atoms with Crippen LogP contribution < -0.4 is 5.32 Å². The molecule has 0 aliphatic rings.